The van der Waals surface area contributed by atoms with Crippen LogP contribution in [0.25, 0.3) is 22.3 Å². The Kier molecular flexibility index (Phi) is 4.64. The summed E-state index contributed by atoms with van der Waals surface area (Å²) in [7, 11) is 4.30. The minimum atomic E-state index is 0.621. The summed E-state index contributed by atoms with van der Waals surface area (Å²) >= 11 is 6.22. The standard InChI is InChI=1S/C22H23ClN3O/c1-26(2)21-9-6-16(12-19(21)20-13-17(23)14-25-22(20)26)15-4-7-18(8-5-15)27-11-3-10-24/h4-9,12-14H,3,10-11,24H2,1-2H3/q+1. The number of halogens is 1. The lowest BCUT2D eigenvalue weighted by atomic mass is 9.99. The maximum atomic E-state index is 6.22. The fourth-order valence-electron chi connectivity index (χ4n) is 3.63. The van der Waals surface area contributed by atoms with Gasteiger partial charge in [0.25, 0.3) is 0 Å². The Morgan fingerprint density at radius 1 is 1.00 bits per heavy atom. The van der Waals surface area contributed by atoms with E-state index < -0.39 is 0 Å². The second-order valence-corrected chi connectivity index (χ2v) is 7.66. The van der Waals surface area contributed by atoms with Crippen molar-refractivity contribution in [3.05, 3.63) is 59.8 Å². The molecule has 0 atom stereocenters. The monoisotopic (exact) mass is 380 g/mol. The number of hydrogen-bond acceptors (Lipinski definition) is 3. The smallest absolute Gasteiger partial charge is 0.240 e. The molecule has 0 fully saturated rings. The Hall–Kier alpha value is -2.40. The van der Waals surface area contributed by atoms with Crippen LogP contribution in [-0.2, 0) is 0 Å². The summed E-state index contributed by atoms with van der Waals surface area (Å²) in [6, 6.07) is 16.8. The van der Waals surface area contributed by atoms with Gasteiger partial charge in [-0.05, 0) is 54.4 Å². The van der Waals surface area contributed by atoms with Gasteiger partial charge >= 0.3 is 0 Å². The number of nitrogens with zero attached hydrogens (tertiary/aromatic N) is 2. The first-order valence-electron chi connectivity index (χ1n) is 9.09. The van der Waals surface area contributed by atoms with Crippen LogP contribution in [0.5, 0.6) is 5.75 Å². The molecule has 1 aliphatic rings. The quantitative estimate of drug-likeness (QED) is 0.500. The average molecular weight is 381 g/mol. The van der Waals surface area contributed by atoms with Gasteiger partial charge in [-0.1, -0.05) is 23.7 Å². The van der Waals surface area contributed by atoms with E-state index in [1.54, 1.807) is 6.20 Å². The Balaban J connectivity index is 1.69. The van der Waals surface area contributed by atoms with E-state index in [-0.39, 0.29) is 0 Å². The predicted molar refractivity (Wildman–Crippen MR) is 113 cm³/mol. The average Bonchev–Trinajstić information content (AvgIpc) is 2.89. The molecule has 1 aromatic heterocycles. The highest BCUT2D eigenvalue weighted by Crippen LogP contribution is 2.51. The predicted octanol–water partition coefficient (Wildman–Crippen LogP) is 5.01. The molecule has 5 heteroatoms. The summed E-state index contributed by atoms with van der Waals surface area (Å²) in [5.74, 6) is 1.89. The molecule has 2 heterocycles. The van der Waals surface area contributed by atoms with Crippen molar-refractivity contribution in [1.82, 2.24) is 9.47 Å². The first kappa shape index (κ1) is 18.0. The SMILES string of the molecule is C[N+]1(C)c2ccc(-c3ccc(OCCCN)cc3)cc2-c2cc(Cl)cnc21. The number of benzene rings is 2. The first-order chi connectivity index (χ1) is 13.0. The van der Waals surface area contributed by atoms with Gasteiger partial charge in [-0.3, -0.25) is 0 Å². The molecule has 0 saturated carbocycles. The Morgan fingerprint density at radius 2 is 1.74 bits per heavy atom. The van der Waals surface area contributed by atoms with E-state index in [0.717, 1.165) is 34.7 Å². The highest BCUT2D eigenvalue weighted by atomic mass is 35.5. The van der Waals surface area contributed by atoms with Gasteiger partial charge in [0.1, 0.15) is 11.4 Å². The molecule has 3 aromatic rings. The van der Waals surface area contributed by atoms with Crippen LogP contribution in [0.4, 0.5) is 11.5 Å². The molecular weight excluding hydrogens is 358 g/mol. The summed E-state index contributed by atoms with van der Waals surface area (Å²) in [6.07, 6.45) is 2.58. The summed E-state index contributed by atoms with van der Waals surface area (Å²) in [5, 5.41) is 0.658. The van der Waals surface area contributed by atoms with Crippen molar-refractivity contribution in [3.8, 4) is 28.0 Å². The van der Waals surface area contributed by atoms with Crippen LogP contribution in [0.2, 0.25) is 5.02 Å². The molecule has 0 spiro atoms. The molecule has 0 bridgehead atoms. The van der Waals surface area contributed by atoms with Crippen molar-refractivity contribution in [3.63, 3.8) is 0 Å². The molecule has 4 rings (SSSR count). The minimum Gasteiger partial charge on any atom is -0.494 e. The zero-order valence-corrected chi connectivity index (χ0v) is 16.3. The van der Waals surface area contributed by atoms with Gasteiger partial charge in [0, 0.05) is 6.07 Å². The summed E-state index contributed by atoms with van der Waals surface area (Å²) in [5.41, 5.74) is 11.3. The van der Waals surface area contributed by atoms with Gasteiger partial charge in [0.05, 0.1) is 43.0 Å². The van der Waals surface area contributed by atoms with E-state index >= 15 is 0 Å². The van der Waals surface area contributed by atoms with E-state index in [0.29, 0.717) is 22.7 Å². The van der Waals surface area contributed by atoms with Gasteiger partial charge in [-0.25, -0.2) is 9.47 Å². The zero-order valence-electron chi connectivity index (χ0n) is 15.6. The van der Waals surface area contributed by atoms with Gasteiger partial charge < -0.3 is 10.5 Å². The summed E-state index contributed by atoms with van der Waals surface area (Å²) < 4.78 is 6.31. The van der Waals surface area contributed by atoms with Gasteiger partial charge in [-0.15, -0.1) is 0 Å². The first-order valence-corrected chi connectivity index (χ1v) is 9.47. The number of rotatable bonds is 5. The minimum absolute atomic E-state index is 0.621. The number of pyridine rings is 1. The van der Waals surface area contributed by atoms with E-state index in [4.69, 9.17) is 22.1 Å². The largest absolute Gasteiger partial charge is 0.494 e. The lowest BCUT2D eigenvalue weighted by molar-refractivity contribution is 0.313. The molecule has 138 valence electrons. The zero-order chi connectivity index (χ0) is 19.0. The van der Waals surface area contributed by atoms with E-state index in [1.807, 2.05) is 18.2 Å². The fraction of sp³-hybridized carbons (Fsp3) is 0.227. The summed E-state index contributed by atoms with van der Waals surface area (Å²) in [6.45, 7) is 1.29. The third-order valence-corrected chi connectivity index (χ3v) is 5.26. The lowest BCUT2D eigenvalue weighted by Gasteiger charge is -2.23. The summed E-state index contributed by atoms with van der Waals surface area (Å²) in [4.78, 5) is 4.59. The Bertz CT molecular complexity index is 983. The van der Waals surface area contributed by atoms with Crippen LogP contribution < -0.4 is 15.0 Å². The van der Waals surface area contributed by atoms with Crippen molar-refractivity contribution in [2.75, 3.05) is 27.2 Å². The maximum absolute atomic E-state index is 6.22. The molecule has 2 N–H and O–H groups in total. The van der Waals surface area contributed by atoms with Crippen molar-refractivity contribution >= 4 is 23.1 Å². The van der Waals surface area contributed by atoms with Crippen molar-refractivity contribution < 1.29 is 4.74 Å². The normalized spacial score (nSPS) is 13.9. The number of nitrogens with two attached hydrogens (primary N) is 1. The molecule has 0 saturated heterocycles. The van der Waals surface area contributed by atoms with Crippen LogP contribution >= 0.6 is 11.6 Å². The van der Waals surface area contributed by atoms with Crippen LogP contribution in [0.3, 0.4) is 0 Å². The second-order valence-electron chi connectivity index (χ2n) is 7.23. The van der Waals surface area contributed by atoms with Crippen LogP contribution in [0.15, 0.2) is 54.7 Å². The Morgan fingerprint density at radius 3 is 2.48 bits per heavy atom. The molecule has 0 unspecified atom stereocenters. The number of quaternary nitrogens is 1. The number of fused-ring (bicyclic) bond motifs is 3. The maximum Gasteiger partial charge on any atom is 0.240 e. The van der Waals surface area contributed by atoms with Crippen molar-refractivity contribution in [1.29, 1.82) is 0 Å². The van der Waals surface area contributed by atoms with Crippen molar-refractivity contribution in [2.45, 2.75) is 6.42 Å². The van der Waals surface area contributed by atoms with E-state index in [1.165, 1.54) is 11.3 Å². The van der Waals surface area contributed by atoms with Crippen molar-refractivity contribution in [2.24, 2.45) is 5.73 Å². The third kappa shape index (κ3) is 3.21. The van der Waals surface area contributed by atoms with Crippen LogP contribution in [-0.4, -0.2) is 32.2 Å². The van der Waals surface area contributed by atoms with E-state index in [2.05, 4.69) is 49.4 Å². The molecule has 27 heavy (non-hydrogen) atoms. The molecule has 0 amide bonds. The highest BCUT2D eigenvalue weighted by Gasteiger charge is 2.38. The van der Waals surface area contributed by atoms with Crippen LogP contribution in [0, 0.1) is 0 Å². The molecule has 2 aromatic carbocycles. The third-order valence-electron chi connectivity index (χ3n) is 5.06. The molecule has 0 radical (unpaired) electrons. The van der Waals surface area contributed by atoms with Gasteiger partial charge in [-0.2, -0.15) is 0 Å². The Labute approximate surface area is 164 Å². The molecule has 4 nitrogen and oxygen atoms in total. The lowest BCUT2D eigenvalue weighted by Crippen LogP contribution is -2.32. The van der Waals surface area contributed by atoms with Gasteiger partial charge in [0.15, 0.2) is 0 Å². The number of ether oxygens (including phenoxy) is 1. The number of hydrogen-bond donors (Lipinski definition) is 1. The van der Waals surface area contributed by atoms with E-state index in [9.17, 15) is 0 Å². The topological polar surface area (TPSA) is 48.1 Å². The highest BCUT2D eigenvalue weighted by molar-refractivity contribution is 6.31. The second kappa shape index (κ2) is 6.97. The molecule has 1 aliphatic heterocycles. The fourth-order valence-corrected chi connectivity index (χ4v) is 3.78. The number of aromatic nitrogens is 1. The molecular formula is C22H23ClN3O+. The van der Waals surface area contributed by atoms with Crippen LogP contribution in [0.1, 0.15) is 6.42 Å². The van der Waals surface area contributed by atoms with Gasteiger partial charge in [0.2, 0.25) is 5.82 Å². The molecule has 0 aliphatic carbocycles.